The Balaban J connectivity index is 1.68. The summed E-state index contributed by atoms with van der Waals surface area (Å²) in [5.74, 6) is -0.811. The Morgan fingerprint density at radius 2 is 2.24 bits per heavy atom. The maximum atomic E-state index is 10.8. The summed E-state index contributed by atoms with van der Waals surface area (Å²) < 4.78 is 5.82. The second kappa shape index (κ2) is 7.91. The molecular weight excluding hydrogens is 318 g/mol. The molecule has 0 radical (unpaired) electrons. The van der Waals surface area contributed by atoms with Crippen molar-refractivity contribution in [1.82, 2.24) is 14.8 Å². The van der Waals surface area contributed by atoms with Crippen LogP contribution in [0.4, 0.5) is 0 Å². The van der Waals surface area contributed by atoms with Crippen molar-refractivity contribution in [2.75, 3.05) is 39.8 Å². The Kier molecular flexibility index (Phi) is 5.63. The highest BCUT2D eigenvalue weighted by Gasteiger charge is 2.23. The van der Waals surface area contributed by atoms with Crippen LogP contribution >= 0.6 is 0 Å². The van der Waals surface area contributed by atoms with E-state index in [0.29, 0.717) is 13.2 Å². The summed E-state index contributed by atoms with van der Waals surface area (Å²) in [6.07, 6.45) is 0.0345. The number of rotatable bonds is 6. The number of carboxylic acid groups (broad SMARTS) is 1. The van der Waals surface area contributed by atoms with E-state index in [1.165, 1.54) is 10.9 Å². The van der Waals surface area contributed by atoms with Crippen molar-refractivity contribution in [2.45, 2.75) is 19.6 Å². The van der Waals surface area contributed by atoms with Gasteiger partial charge in [-0.1, -0.05) is 18.2 Å². The summed E-state index contributed by atoms with van der Waals surface area (Å²) in [6, 6.07) is 10.4. The normalized spacial score (nSPS) is 18.8. The van der Waals surface area contributed by atoms with Gasteiger partial charge in [-0.3, -0.25) is 19.6 Å². The number of hydrogen-bond acceptors (Lipinski definition) is 5. The number of para-hydroxylation sites is 1. The zero-order chi connectivity index (χ0) is 17.8. The molecule has 0 saturated carbocycles. The average molecular weight is 343 g/mol. The molecule has 1 saturated heterocycles. The van der Waals surface area contributed by atoms with Crippen LogP contribution in [0.5, 0.6) is 0 Å². The standard InChI is InChI=1S/C19H25N3O3/c1-14-9-15(17-5-3-4-6-18(17)20-14)10-22-7-8-25-16(12-22)11-21(2)13-19(23)24/h3-6,9,16H,7-8,10-13H2,1-2H3,(H,23,24). The Hall–Kier alpha value is -2.02. The minimum Gasteiger partial charge on any atom is -0.480 e. The molecule has 1 aliphatic rings. The van der Waals surface area contributed by atoms with Gasteiger partial charge in [0.15, 0.2) is 0 Å². The van der Waals surface area contributed by atoms with Crippen LogP contribution in [-0.2, 0) is 16.1 Å². The van der Waals surface area contributed by atoms with Crippen molar-refractivity contribution < 1.29 is 14.6 Å². The van der Waals surface area contributed by atoms with Crippen molar-refractivity contribution in [3.8, 4) is 0 Å². The topological polar surface area (TPSA) is 65.9 Å². The minimum absolute atomic E-state index is 0.0345. The number of aliphatic carboxylic acids is 1. The Bertz CT molecular complexity index is 750. The molecule has 134 valence electrons. The van der Waals surface area contributed by atoms with Gasteiger partial charge in [0.2, 0.25) is 0 Å². The first kappa shape index (κ1) is 17.8. The number of ether oxygens (including phenoxy) is 1. The fourth-order valence-electron chi connectivity index (χ4n) is 3.44. The predicted octanol–water partition coefficient (Wildman–Crippen LogP) is 1.76. The molecule has 6 heteroatoms. The molecule has 1 fully saturated rings. The molecule has 6 nitrogen and oxygen atoms in total. The van der Waals surface area contributed by atoms with Crippen molar-refractivity contribution in [2.24, 2.45) is 0 Å². The van der Waals surface area contributed by atoms with Gasteiger partial charge in [-0.2, -0.15) is 0 Å². The lowest BCUT2D eigenvalue weighted by molar-refractivity contribution is -0.138. The number of likely N-dealkylation sites (N-methyl/N-ethyl adjacent to an activating group) is 1. The molecule has 2 aromatic rings. The molecule has 1 aromatic heterocycles. The van der Waals surface area contributed by atoms with E-state index >= 15 is 0 Å². The van der Waals surface area contributed by atoms with E-state index in [4.69, 9.17) is 9.84 Å². The average Bonchev–Trinajstić information content (AvgIpc) is 2.54. The van der Waals surface area contributed by atoms with Gasteiger partial charge in [-0.15, -0.1) is 0 Å². The molecule has 1 atom stereocenters. The van der Waals surface area contributed by atoms with E-state index in [1.54, 1.807) is 4.90 Å². The highest BCUT2D eigenvalue weighted by atomic mass is 16.5. The Morgan fingerprint density at radius 3 is 3.04 bits per heavy atom. The van der Waals surface area contributed by atoms with Crippen LogP contribution in [0, 0.1) is 6.92 Å². The van der Waals surface area contributed by atoms with Crippen LogP contribution in [0.2, 0.25) is 0 Å². The monoisotopic (exact) mass is 343 g/mol. The number of aryl methyl sites for hydroxylation is 1. The van der Waals surface area contributed by atoms with E-state index in [2.05, 4.69) is 28.1 Å². The number of carboxylic acids is 1. The molecule has 0 aliphatic carbocycles. The minimum atomic E-state index is -0.811. The van der Waals surface area contributed by atoms with E-state index in [1.807, 2.05) is 26.1 Å². The fraction of sp³-hybridized carbons (Fsp3) is 0.474. The zero-order valence-corrected chi connectivity index (χ0v) is 14.8. The SMILES string of the molecule is Cc1cc(CN2CCOC(CN(C)CC(=O)O)C2)c2ccccc2n1. The van der Waals surface area contributed by atoms with Crippen LogP contribution in [0.25, 0.3) is 10.9 Å². The Morgan fingerprint density at radius 1 is 1.44 bits per heavy atom. The first-order valence-electron chi connectivity index (χ1n) is 8.61. The maximum absolute atomic E-state index is 10.8. The summed E-state index contributed by atoms with van der Waals surface area (Å²) in [5.41, 5.74) is 3.34. The molecule has 1 aliphatic heterocycles. The quantitative estimate of drug-likeness (QED) is 0.862. The fourth-order valence-corrected chi connectivity index (χ4v) is 3.44. The van der Waals surface area contributed by atoms with Gasteiger partial charge in [-0.25, -0.2) is 0 Å². The number of nitrogens with zero attached hydrogens (tertiary/aromatic N) is 3. The highest BCUT2D eigenvalue weighted by Crippen LogP contribution is 2.21. The van der Waals surface area contributed by atoms with E-state index < -0.39 is 5.97 Å². The third kappa shape index (κ3) is 4.75. The highest BCUT2D eigenvalue weighted by molar-refractivity contribution is 5.82. The van der Waals surface area contributed by atoms with Crippen LogP contribution in [0.1, 0.15) is 11.3 Å². The number of benzene rings is 1. The maximum Gasteiger partial charge on any atom is 0.317 e. The van der Waals surface area contributed by atoms with Gasteiger partial charge in [-0.05, 0) is 31.7 Å². The number of aromatic nitrogens is 1. The lowest BCUT2D eigenvalue weighted by atomic mass is 10.1. The van der Waals surface area contributed by atoms with Crippen LogP contribution in [0.15, 0.2) is 30.3 Å². The molecule has 0 amide bonds. The van der Waals surface area contributed by atoms with Crippen molar-refractivity contribution in [3.05, 3.63) is 41.6 Å². The van der Waals surface area contributed by atoms with Crippen LogP contribution < -0.4 is 0 Å². The van der Waals surface area contributed by atoms with Gasteiger partial charge in [0.25, 0.3) is 0 Å². The van der Waals surface area contributed by atoms with Crippen LogP contribution in [-0.4, -0.2) is 71.8 Å². The number of pyridine rings is 1. The van der Waals surface area contributed by atoms with E-state index in [-0.39, 0.29) is 12.6 Å². The second-order valence-corrected chi connectivity index (χ2v) is 6.76. The van der Waals surface area contributed by atoms with Gasteiger partial charge < -0.3 is 9.84 Å². The second-order valence-electron chi connectivity index (χ2n) is 6.76. The van der Waals surface area contributed by atoms with Gasteiger partial charge >= 0.3 is 5.97 Å². The van der Waals surface area contributed by atoms with Gasteiger partial charge in [0.05, 0.1) is 24.8 Å². The number of hydrogen-bond donors (Lipinski definition) is 1. The van der Waals surface area contributed by atoms with Crippen molar-refractivity contribution in [3.63, 3.8) is 0 Å². The summed E-state index contributed by atoms with van der Waals surface area (Å²) in [7, 11) is 1.82. The largest absolute Gasteiger partial charge is 0.480 e. The van der Waals surface area contributed by atoms with Gasteiger partial charge in [0.1, 0.15) is 0 Å². The number of morpholine rings is 1. The molecule has 1 N–H and O–H groups in total. The number of carbonyl (C=O) groups is 1. The lowest BCUT2D eigenvalue weighted by Gasteiger charge is -2.34. The van der Waals surface area contributed by atoms with E-state index in [9.17, 15) is 4.79 Å². The predicted molar refractivity (Wildman–Crippen MR) is 96.6 cm³/mol. The molecule has 3 rings (SSSR count). The molecule has 1 unspecified atom stereocenters. The summed E-state index contributed by atoms with van der Waals surface area (Å²) in [4.78, 5) is 19.6. The smallest absolute Gasteiger partial charge is 0.317 e. The molecule has 0 bridgehead atoms. The molecule has 2 heterocycles. The molecule has 1 aromatic carbocycles. The lowest BCUT2D eigenvalue weighted by Crippen LogP contribution is -2.47. The third-order valence-corrected chi connectivity index (χ3v) is 4.47. The van der Waals surface area contributed by atoms with Crippen molar-refractivity contribution in [1.29, 1.82) is 0 Å². The summed E-state index contributed by atoms with van der Waals surface area (Å²) >= 11 is 0. The number of fused-ring (bicyclic) bond motifs is 1. The summed E-state index contributed by atoms with van der Waals surface area (Å²) in [6.45, 7) is 5.90. The summed E-state index contributed by atoms with van der Waals surface area (Å²) in [5, 5.41) is 10.1. The van der Waals surface area contributed by atoms with E-state index in [0.717, 1.165) is 30.8 Å². The van der Waals surface area contributed by atoms with Crippen molar-refractivity contribution >= 4 is 16.9 Å². The third-order valence-electron chi connectivity index (χ3n) is 4.47. The van der Waals surface area contributed by atoms with Crippen LogP contribution in [0.3, 0.4) is 0 Å². The van der Waals surface area contributed by atoms with Gasteiger partial charge in [0, 0.05) is 37.3 Å². The molecular formula is C19H25N3O3. The molecule has 0 spiro atoms. The zero-order valence-electron chi connectivity index (χ0n) is 14.8. The first-order chi connectivity index (χ1) is 12.0. The molecule has 25 heavy (non-hydrogen) atoms. The Labute approximate surface area is 148 Å². The first-order valence-corrected chi connectivity index (χ1v) is 8.61.